The van der Waals surface area contributed by atoms with Crippen molar-refractivity contribution in [2.24, 2.45) is 0 Å². The summed E-state index contributed by atoms with van der Waals surface area (Å²) in [5, 5.41) is 0. The van der Waals surface area contributed by atoms with Gasteiger partial charge in [0.1, 0.15) is 17.4 Å². The Morgan fingerprint density at radius 2 is 1.25 bits per heavy atom. The standard InChI is InChI=1S/C17H14F2O/c18-14-7-3-12(4-8-14)17(11-1-2-16(17)20)13-5-9-15(19)10-6-13/h3-10H,1-2,11H2. The Balaban J connectivity index is 2.17. The van der Waals surface area contributed by atoms with Crippen molar-refractivity contribution < 1.29 is 13.6 Å². The van der Waals surface area contributed by atoms with E-state index in [-0.39, 0.29) is 17.4 Å². The molecular formula is C17H14F2O. The topological polar surface area (TPSA) is 17.1 Å². The van der Waals surface area contributed by atoms with Crippen molar-refractivity contribution in [2.45, 2.75) is 24.7 Å². The number of hydrogen-bond donors (Lipinski definition) is 0. The summed E-state index contributed by atoms with van der Waals surface area (Å²) in [6.07, 6.45) is 1.99. The van der Waals surface area contributed by atoms with Crippen LogP contribution in [0.5, 0.6) is 0 Å². The molecule has 2 aromatic rings. The van der Waals surface area contributed by atoms with E-state index in [4.69, 9.17) is 0 Å². The third kappa shape index (κ3) is 1.94. The molecule has 1 fully saturated rings. The third-order valence-corrected chi connectivity index (χ3v) is 4.11. The lowest BCUT2D eigenvalue weighted by Gasteiger charge is -2.28. The average molecular weight is 272 g/mol. The summed E-state index contributed by atoms with van der Waals surface area (Å²) in [4.78, 5) is 12.5. The smallest absolute Gasteiger partial charge is 0.147 e. The summed E-state index contributed by atoms with van der Waals surface area (Å²) in [5.74, 6) is -0.530. The van der Waals surface area contributed by atoms with Crippen LogP contribution in [0.1, 0.15) is 30.4 Å². The Labute approximate surface area is 116 Å². The first-order valence-corrected chi connectivity index (χ1v) is 6.68. The van der Waals surface area contributed by atoms with Crippen LogP contribution >= 0.6 is 0 Å². The van der Waals surface area contributed by atoms with E-state index in [1.165, 1.54) is 24.3 Å². The molecule has 0 aliphatic heterocycles. The van der Waals surface area contributed by atoms with Gasteiger partial charge in [0.2, 0.25) is 0 Å². The lowest BCUT2D eigenvalue weighted by atomic mass is 9.72. The predicted molar refractivity (Wildman–Crippen MR) is 72.4 cm³/mol. The van der Waals surface area contributed by atoms with E-state index >= 15 is 0 Å². The molecule has 1 aliphatic carbocycles. The quantitative estimate of drug-likeness (QED) is 0.807. The van der Waals surface area contributed by atoms with Gasteiger partial charge in [-0.1, -0.05) is 24.3 Å². The van der Waals surface area contributed by atoms with Gasteiger partial charge in [-0.25, -0.2) is 8.78 Å². The van der Waals surface area contributed by atoms with Crippen LogP contribution in [0.4, 0.5) is 8.78 Å². The third-order valence-electron chi connectivity index (χ3n) is 4.11. The molecular weight excluding hydrogens is 258 g/mol. The highest BCUT2D eigenvalue weighted by Gasteiger charge is 2.44. The molecule has 1 aliphatic rings. The second-order valence-corrected chi connectivity index (χ2v) is 5.20. The molecule has 0 atom stereocenters. The zero-order chi connectivity index (χ0) is 14.2. The van der Waals surface area contributed by atoms with Crippen LogP contribution in [-0.4, -0.2) is 5.78 Å². The molecule has 3 heteroatoms. The van der Waals surface area contributed by atoms with E-state index in [0.29, 0.717) is 12.8 Å². The SMILES string of the molecule is O=C1CCCC1(c1ccc(F)cc1)c1ccc(F)cc1. The Bertz CT molecular complexity index is 584. The van der Waals surface area contributed by atoms with Gasteiger partial charge >= 0.3 is 0 Å². The van der Waals surface area contributed by atoms with Gasteiger partial charge in [0.15, 0.2) is 0 Å². The minimum absolute atomic E-state index is 0.121. The second kappa shape index (κ2) is 4.82. The van der Waals surface area contributed by atoms with Gasteiger partial charge in [0, 0.05) is 6.42 Å². The zero-order valence-electron chi connectivity index (χ0n) is 10.9. The maximum Gasteiger partial charge on any atom is 0.147 e. The number of ketones is 1. The molecule has 0 bridgehead atoms. The van der Waals surface area contributed by atoms with Crippen molar-refractivity contribution in [2.75, 3.05) is 0 Å². The summed E-state index contributed by atoms with van der Waals surface area (Å²) in [6.45, 7) is 0. The predicted octanol–water partition coefficient (Wildman–Crippen LogP) is 4.00. The monoisotopic (exact) mass is 272 g/mol. The molecule has 2 aromatic carbocycles. The minimum atomic E-state index is -0.749. The van der Waals surface area contributed by atoms with Crippen LogP contribution in [0.2, 0.25) is 0 Å². The fraction of sp³-hybridized carbons (Fsp3) is 0.235. The molecule has 102 valence electrons. The Morgan fingerprint density at radius 1 is 0.800 bits per heavy atom. The number of halogens is 2. The highest BCUT2D eigenvalue weighted by molar-refractivity contribution is 5.95. The fourth-order valence-corrected chi connectivity index (χ4v) is 3.11. The number of carbonyl (C=O) groups is 1. The van der Waals surface area contributed by atoms with E-state index in [2.05, 4.69) is 0 Å². The van der Waals surface area contributed by atoms with Crippen LogP contribution in [0, 0.1) is 11.6 Å². The van der Waals surface area contributed by atoms with Crippen molar-refractivity contribution in [3.05, 3.63) is 71.3 Å². The van der Waals surface area contributed by atoms with Gasteiger partial charge in [0.25, 0.3) is 0 Å². The van der Waals surface area contributed by atoms with Gasteiger partial charge in [-0.3, -0.25) is 4.79 Å². The molecule has 0 aromatic heterocycles. The van der Waals surface area contributed by atoms with Crippen molar-refractivity contribution in [3.8, 4) is 0 Å². The summed E-state index contributed by atoms with van der Waals surface area (Å²) in [6, 6.07) is 12.1. The van der Waals surface area contributed by atoms with Gasteiger partial charge in [-0.05, 0) is 48.2 Å². The van der Waals surface area contributed by atoms with Crippen molar-refractivity contribution in [3.63, 3.8) is 0 Å². The largest absolute Gasteiger partial charge is 0.298 e. The van der Waals surface area contributed by atoms with Gasteiger partial charge < -0.3 is 0 Å². The molecule has 0 amide bonds. The van der Waals surface area contributed by atoms with Crippen molar-refractivity contribution >= 4 is 5.78 Å². The zero-order valence-corrected chi connectivity index (χ0v) is 10.9. The van der Waals surface area contributed by atoms with E-state index < -0.39 is 5.41 Å². The number of carbonyl (C=O) groups excluding carboxylic acids is 1. The maximum atomic E-state index is 13.1. The first kappa shape index (κ1) is 13.0. The van der Waals surface area contributed by atoms with Gasteiger partial charge in [0.05, 0.1) is 5.41 Å². The second-order valence-electron chi connectivity index (χ2n) is 5.20. The van der Waals surface area contributed by atoms with Crippen molar-refractivity contribution in [1.29, 1.82) is 0 Å². The summed E-state index contributed by atoms with van der Waals surface area (Å²) in [7, 11) is 0. The Morgan fingerprint density at radius 3 is 1.60 bits per heavy atom. The molecule has 3 rings (SSSR count). The van der Waals surface area contributed by atoms with Gasteiger partial charge in [-0.2, -0.15) is 0 Å². The van der Waals surface area contributed by atoms with Gasteiger partial charge in [-0.15, -0.1) is 0 Å². The van der Waals surface area contributed by atoms with Crippen LogP contribution in [0.3, 0.4) is 0 Å². The fourth-order valence-electron chi connectivity index (χ4n) is 3.11. The molecule has 0 unspecified atom stereocenters. The van der Waals surface area contributed by atoms with Crippen LogP contribution in [-0.2, 0) is 10.2 Å². The molecule has 1 saturated carbocycles. The summed E-state index contributed by atoms with van der Waals surface area (Å²) >= 11 is 0. The number of rotatable bonds is 2. The summed E-state index contributed by atoms with van der Waals surface area (Å²) < 4.78 is 26.2. The minimum Gasteiger partial charge on any atom is -0.298 e. The van der Waals surface area contributed by atoms with E-state index in [9.17, 15) is 13.6 Å². The van der Waals surface area contributed by atoms with Crippen LogP contribution < -0.4 is 0 Å². The molecule has 0 N–H and O–H groups in total. The van der Waals surface area contributed by atoms with Crippen LogP contribution in [0.25, 0.3) is 0 Å². The molecule has 1 nitrogen and oxygen atoms in total. The molecule has 20 heavy (non-hydrogen) atoms. The van der Waals surface area contributed by atoms with E-state index in [0.717, 1.165) is 17.5 Å². The van der Waals surface area contributed by atoms with E-state index in [1.54, 1.807) is 24.3 Å². The first-order chi connectivity index (χ1) is 9.63. The normalized spacial score (nSPS) is 17.4. The molecule has 0 spiro atoms. The van der Waals surface area contributed by atoms with E-state index in [1.807, 2.05) is 0 Å². The average Bonchev–Trinajstić information content (AvgIpc) is 2.83. The summed E-state index contributed by atoms with van der Waals surface area (Å²) in [5.41, 5.74) is 0.822. The lowest BCUT2D eigenvalue weighted by molar-refractivity contribution is -0.121. The first-order valence-electron chi connectivity index (χ1n) is 6.68. The molecule has 0 saturated heterocycles. The Hall–Kier alpha value is -2.03. The Kier molecular flexibility index (Phi) is 3.13. The number of hydrogen-bond acceptors (Lipinski definition) is 1. The van der Waals surface area contributed by atoms with Crippen molar-refractivity contribution in [1.82, 2.24) is 0 Å². The number of Topliss-reactive ketones (excluding diaryl/α,β-unsaturated/α-hetero) is 1. The number of benzene rings is 2. The maximum absolute atomic E-state index is 13.1. The lowest BCUT2D eigenvalue weighted by Crippen LogP contribution is -2.32. The van der Waals surface area contributed by atoms with Crippen LogP contribution in [0.15, 0.2) is 48.5 Å². The highest BCUT2D eigenvalue weighted by Crippen LogP contribution is 2.43. The molecule has 0 radical (unpaired) electrons. The molecule has 0 heterocycles. The highest BCUT2D eigenvalue weighted by atomic mass is 19.1.